The predicted molar refractivity (Wildman–Crippen MR) is 95.8 cm³/mol. The average molecular weight is 454 g/mol. The summed E-state index contributed by atoms with van der Waals surface area (Å²) in [5.41, 5.74) is 0.698. The van der Waals surface area contributed by atoms with E-state index in [9.17, 15) is 0 Å². The number of benzene rings is 1. The molecule has 6 nitrogen and oxygen atoms in total. The van der Waals surface area contributed by atoms with Crippen LogP contribution in [0.15, 0.2) is 51.7 Å². The van der Waals surface area contributed by atoms with Crippen molar-refractivity contribution in [2.75, 3.05) is 0 Å². The smallest absolute Gasteiger partial charge is 0.293 e. The normalized spacial score (nSPS) is 11.1. The molecule has 1 aromatic carbocycles. The van der Waals surface area contributed by atoms with E-state index in [0.29, 0.717) is 33.8 Å². The van der Waals surface area contributed by atoms with Crippen molar-refractivity contribution in [1.29, 1.82) is 0 Å². The zero-order valence-electron chi connectivity index (χ0n) is 12.1. The van der Waals surface area contributed by atoms with Gasteiger partial charge in [0, 0.05) is 11.6 Å². The lowest BCUT2D eigenvalue weighted by Gasteiger charge is -2.10. The maximum absolute atomic E-state index is 6.26. The summed E-state index contributed by atoms with van der Waals surface area (Å²) in [5, 5.41) is 5.36. The number of furan rings is 1. The highest BCUT2D eigenvalue weighted by atomic mass is 127. The van der Waals surface area contributed by atoms with Gasteiger partial charge in [-0.15, -0.1) is 0 Å². The molecule has 0 aliphatic heterocycles. The van der Waals surface area contributed by atoms with E-state index in [1.165, 1.54) is 0 Å². The molecule has 0 spiro atoms. The van der Waals surface area contributed by atoms with Crippen LogP contribution in [0.4, 0.5) is 0 Å². The van der Waals surface area contributed by atoms with Crippen molar-refractivity contribution in [3.05, 3.63) is 57.2 Å². The van der Waals surface area contributed by atoms with Crippen LogP contribution >= 0.6 is 34.2 Å². The lowest BCUT2D eigenvalue weighted by Crippen LogP contribution is -2.00. The predicted octanol–water partition coefficient (Wildman–Crippen LogP) is 4.71. The molecule has 4 aromatic rings. The molecular formula is C16H9ClIN3O3. The Hall–Kier alpha value is -2.13. The fraction of sp³-hybridized carbons (Fsp3) is 0.0625. The topological polar surface area (TPSA) is 74.2 Å². The lowest BCUT2D eigenvalue weighted by atomic mass is 10.2. The van der Waals surface area contributed by atoms with Crippen molar-refractivity contribution in [3.8, 4) is 17.4 Å². The van der Waals surface area contributed by atoms with Gasteiger partial charge in [0.25, 0.3) is 5.89 Å². The second-order valence-electron chi connectivity index (χ2n) is 4.85. The van der Waals surface area contributed by atoms with Gasteiger partial charge in [-0.2, -0.15) is 4.98 Å². The number of aromatic nitrogens is 3. The molecule has 0 unspecified atom stereocenters. The zero-order valence-corrected chi connectivity index (χ0v) is 15.0. The fourth-order valence-electron chi connectivity index (χ4n) is 2.23. The first-order valence-corrected chi connectivity index (χ1v) is 8.40. The van der Waals surface area contributed by atoms with E-state index in [2.05, 4.69) is 37.7 Å². The number of rotatable bonds is 4. The molecule has 0 aliphatic rings. The highest BCUT2D eigenvalue weighted by Gasteiger charge is 2.15. The van der Waals surface area contributed by atoms with Gasteiger partial charge in [0.1, 0.15) is 5.52 Å². The van der Waals surface area contributed by atoms with Crippen LogP contribution in [0, 0.1) is 3.57 Å². The number of nitrogens with zero attached hydrogens (tertiary/aromatic N) is 3. The van der Waals surface area contributed by atoms with E-state index < -0.39 is 0 Å². The van der Waals surface area contributed by atoms with Crippen molar-refractivity contribution in [2.45, 2.75) is 6.61 Å². The summed E-state index contributed by atoms with van der Waals surface area (Å²) in [5.74, 6) is 1.88. The van der Waals surface area contributed by atoms with Gasteiger partial charge in [0.15, 0.2) is 18.1 Å². The van der Waals surface area contributed by atoms with Crippen molar-refractivity contribution in [3.63, 3.8) is 0 Å². The van der Waals surface area contributed by atoms with E-state index in [1.54, 1.807) is 24.6 Å². The second-order valence-corrected chi connectivity index (χ2v) is 6.42. The number of ether oxygens (including phenoxy) is 1. The van der Waals surface area contributed by atoms with Crippen LogP contribution in [0.1, 0.15) is 5.82 Å². The quantitative estimate of drug-likeness (QED) is 0.417. The molecule has 3 aromatic heterocycles. The Balaban J connectivity index is 1.62. The Morgan fingerprint density at radius 2 is 2.17 bits per heavy atom. The van der Waals surface area contributed by atoms with Crippen LogP contribution in [-0.4, -0.2) is 15.1 Å². The highest BCUT2D eigenvalue weighted by molar-refractivity contribution is 14.1. The fourth-order valence-corrected chi connectivity index (χ4v) is 3.40. The molecule has 0 fully saturated rings. The molecule has 120 valence electrons. The molecule has 0 atom stereocenters. The number of fused-ring (bicyclic) bond motifs is 1. The van der Waals surface area contributed by atoms with Crippen molar-refractivity contribution in [2.24, 2.45) is 0 Å². The molecule has 0 saturated carbocycles. The summed E-state index contributed by atoms with van der Waals surface area (Å²) in [6.45, 7) is 0.146. The SMILES string of the molecule is Clc1cc(I)c(OCc2noc(-c3ccco3)n2)c2ncccc12. The Labute approximate surface area is 154 Å². The van der Waals surface area contributed by atoms with Gasteiger partial charge in [-0.3, -0.25) is 4.98 Å². The Morgan fingerprint density at radius 3 is 3.00 bits per heavy atom. The largest absolute Gasteiger partial charge is 0.482 e. The van der Waals surface area contributed by atoms with Crippen LogP contribution in [0.3, 0.4) is 0 Å². The first-order chi connectivity index (χ1) is 11.7. The molecule has 0 radical (unpaired) electrons. The molecule has 0 bridgehead atoms. The summed E-state index contributed by atoms with van der Waals surface area (Å²) in [7, 11) is 0. The molecule has 3 heterocycles. The summed E-state index contributed by atoms with van der Waals surface area (Å²) in [6, 6.07) is 9.07. The Bertz CT molecular complexity index is 1000. The minimum absolute atomic E-state index is 0.146. The van der Waals surface area contributed by atoms with Gasteiger partial charge in [0.2, 0.25) is 5.82 Å². The van der Waals surface area contributed by atoms with Crippen LogP contribution in [0.25, 0.3) is 22.6 Å². The highest BCUT2D eigenvalue weighted by Crippen LogP contribution is 2.35. The molecule has 0 N–H and O–H groups in total. The second kappa shape index (κ2) is 6.40. The number of hydrogen-bond donors (Lipinski definition) is 0. The van der Waals surface area contributed by atoms with E-state index in [-0.39, 0.29) is 6.61 Å². The van der Waals surface area contributed by atoms with E-state index in [4.69, 9.17) is 25.3 Å². The molecule has 0 aliphatic carbocycles. The summed E-state index contributed by atoms with van der Waals surface area (Å²) < 4.78 is 17.1. The number of hydrogen-bond acceptors (Lipinski definition) is 6. The maximum atomic E-state index is 6.26. The molecule has 0 saturated heterocycles. The summed E-state index contributed by atoms with van der Waals surface area (Å²) in [6.07, 6.45) is 3.24. The van der Waals surface area contributed by atoms with E-state index >= 15 is 0 Å². The standard InChI is InChI=1S/C16H9ClIN3O3/c17-10-7-11(18)15(14-9(10)3-1-5-19-14)23-8-13-20-16(24-21-13)12-4-2-6-22-12/h1-7H,8H2. The van der Waals surface area contributed by atoms with E-state index in [1.807, 2.05) is 18.2 Å². The third kappa shape index (κ3) is 2.84. The average Bonchev–Trinajstić information content (AvgIpc) is 3.26. The maximum Gasteiger partial charge on any atom is 0.293 e. The minimum Gasteiger partial charge on any atom is -0.482 e. The van der Waals surface area contributed by atoms with Gasteiger partial charge in [-0.05, 0) is 52.9 Å². The minimum atomic E-state index is 0.146. The van der Waals surface area contributed by atoms with Crippen LogP contribution < -0.4 is 4.74 Å². The third-order valence-corrected chi connectivity index (χ3v) is 4.41. The molecule has 8 heteroatoms. The van der Waals surface area contributed by atoms with E-state index in [0.717, 1.165) is 8.96 Å². The van der Waals surface area contributed by atoms with Gasteiger partial charge >= 0.3 is 0 Å². The Kier molecular flexibility index (Phi) is 4.11. The van der Waals surface area contributed by atoms with Crippen molar-refractivity contribution < 1.29 is 13.7 Å². The Morgan fingerprint density at radius 1 is 1.25 bits per heavy atom. The van der Waals surface area contributed by atoms with Crippen molar-refractivity contribution in [1.82, 2.24) is 15.1 Å². The monoisotopic (exact) mass is 453 g/mol. The molecule has 4 rings (SSSR count). The lowest BCUT2D eigenvalue weighted by molar-refractivity contribution is 0.287. The van der Waals surface area contributed by atoms with Gasteiger partial charge < -0.3 is 13.7 Å². The molecular weight excluding hydrogens is 445 g/mol. The van der Waals surface area contributed by atoms with Crippen molar-refractivity contribution >= 4 is 45.1 Å². The summed E-state index contributed by atoms with van der Waals surface area (Å²) >= 11 is 8.42. The van der Waals surface area contributed by atoms with Crippen LogP contribution in [-0.2, 0) is 6.61 Å². The zero-order chi connectivity index (χ0) is 16.5. The van der Waals surface area contributed by atoms with Gasteiger partial charge in [-0.1, -0.05) is 16.8 Å². The summed E-state index contributed by atoms with van der Waals surface area (Å²) in [4.78, 5) is 8.62. The molecule has 0 amide bonds. The number of pyridine rings is 1. The third-order valence-electron chi connectivity index (χ3n) is 3.30. The van der Waals surface area contributed by atoms with Gasteiger partial charge in [0.05, 0.1) is 14.9 Å². The van der Waals surface area contributed by atoms with Crippen LogP contribution in [0.2, 0.25) is 5.02 Å². The van der Waals surface area contributed by atoms with Gasteiger partial charge in [-0.25, -0.2) is 0 Å². The first-order valence-electron chi connectivity index (χ1n) is 6.94. The molecule has 24 heavy (non-hydrogen) atoms. The number of halogens is 2. The van der Waals surface area contributed by atoms with Crippen LogP contribution in [0.5, 0.6) is 5.75 Å². The first kappa shape index (κ1) is 15.4.